The molecule has 3 unspecified atom stereocenters. The molecule has 6 heteroatoms. The van der Waals surface area contributed by atoms with E-state index in [1.54, 1.807) is 34.1 Å². The summed E-state index contributed by atoms with van der Waals surface area (Å²) in [7, 11) is 0. The van der Waals surface area contributed by atoms with E-state index in [-0.39, 0.29) is 30.2 Å². The summed E-state index contributed by atoms with van der Waals surface area (Å²) in [5.41, 5.74) is 6.60. The van der Waals surface area contributed by atoms with Crippen LogP contribution in [0.3, 0.4) is 0 Å². The largest absolute Gasteiger partial charge is 0.329 e. The number of fused-ring (bicyclic) bond motifs is 1. The lowest BCUT2D eigenvalue weighted by molar-refractivity contribution is -0.137. The van der Waals surface area contributed by atoms with Crippen molar-refractivity contribution in [3.63, 3.8) is 0 Å². The van der Waals surface area contributed by atoms with Gasteiger partial charge < -0.3 is 15.5 Å². The molecule has 0 spiro atoms. The summed E-state index contributed by atoms with van der Waals surface area (Å²) in [6, 6.07) is 7.57. The second-order valence-corrected chi connectivity index (χ2v) is 7.33. The maximum absolute atomic E-state index is 12.7. The zero-order valence-corrected chi connectivity index (χ0v) is 14.7. The maximum atomic E-state index is 12.7. The fourth-order valence-corrected chi connectivity index (χ4v) is 3.91. The van der Waals surface area contributed by atoms with Gasteiger partial charge in [-0.3, -0.25) is 14.4 Å². The number of carbonyl (C=O) groups excluding carboxylic acids is 3. The molecule has 0 saturated carbocycles. The Kier molecular flexibility index (Phi) is 4.90. The van der Waals surface area contributed by atoms with Crippen molar-refractivity contribution >= 4 is 17.6 Å². The molecule has 25 heavy (non-hydrogen) atoms. The lowest BCUT2D eigenvalue weighted by atomic mass is 10.0. The van der Waals surface area contributed by atoms with Gasteiger partial charge in [-0.05, 0) is 30.9 Å². The Bertz CT molecular complexity index is 674. The Morgan fingerprint density at radius 1 is 1.20 bits per heavy atom. The van der Waals surface area contributed by atoms with Gasteiger partial charge in [-0.15, -0.1) is 0 Å². The van der Waals surface area contributed by atoms with Crippen LogP contribution in [-0.4, -0.2) is 58.6 Å². The number of rotatable bonds is 4. The molecule has 6 nitrogen and oxygen atoms in total. The van der Waals surface area contributed by atoms with E-state index >= 15 is 0 Å². The SMILES string of the molecule is CC(C)CC(N)C(=O)N1CCC2C1C(=O)CN2C(=O)c1ccccc1. The van der Waals surface area contributed by atoms with Crippen molar-refractivity contribution in [2.75, 3.05) is 13.1 Å². The zero-order valence-electron chi connectivity index (χ0n) is 14.7. The van der Waals surface area contributed by atoms with E-state index in [2.05, 4.69) is 0 Å². The van der Waals surface area contributed by atoms with Crippen LogP contribution in [0.5, 0.6) is 0 Å². The Morgan fingerprint density at radius 2 is 1.88 bits per heavy atom. The standard InChI is InChI=1S/C19H25N3O3/c1-12(2)10-14(20)19(25)21-9-8-15-17(21)16(23)11-22(15)18(24)13-6-4-3-5-7-13/h3-7,12,14-15,17H,8-11,20H2,1-2H3. The van der Waals surface area contributed by atoms with Crippen LogP contribution in [0, 0.1) is 5.92 Å². The highest BCUT2D eigenvalue weighted by Crippen LogP contribution is 2.31. The van der Waals surface area contributed by atoms with E-state index in [1.807, 2.05) is 19.9 Å². The van der Waals surface area contributed by atoms with Crippen LogP contribution in [0.4, 0.5) is 0 Å². The average molecular weight is 343 g/mol. The molecule has 2 aliphatic heterocycles. The number of nitrogens with zero attached hydrogens (tertiary/aromatic N) is 2. The Morgan fingerprint density at radius 3 is 2.52 bits per heavy atom. The van der Waals surface area contributed by atoms with E-state index in [4.69, 9.17) is 5.73 Å². The lowest BCUT2D eigenvalue weighted by Gasteiger charge is -2.27. The fraction of sp³-hybridized carbons (Fsp3) is 0.526. The topological polar surface area (TPSA) is 83.7 Å². The van der Waals surface area contributed by atoms with Crippen LogP contribution in [0.2, 0.25) is 0 Å². The number of ketones is 1. The predicted octanol–water partition coefficient (Wildman–Crippen LogP) is 1.05. The molecule has 2 heterocycles. The summed E-state index contributed by atoms with van der Waals surface area (Å²) in [4.78, 5) is 41.1. The highest BCUT2D eigenvalue weighted by atomic mass is 16.2. The van der Waals surface area contributed by atoms with E-state index in [9.17, 15) is 14.4 Å². The molecular weight excluding hydrogens is 318 g/mol. The first-order valence-corrected chi connectivity index (χ1v) is 8.85. The van der Waals surface area contributed by atoms with Crippen molar-refractivity contribution in [3.8, 4) is 0 Å². The summed E-state index contributed by atoms with van der Waals surface area (Å²) in [5.74, 6) is -0.0875. The van der Waals surface area contributed by atoms with Gasteiger partial charge in [0, 0.05) is 12.1 Å². The Balaban J connectivity index is 1.76. The van der Waals surface area contributed by atoms with E-state index in [0.717, 1.165) is 0 Å². The molecule has 3 atom stereocenters. The summed E-state index contributed by atoms with van der Waals surface area (Å²) < 4.78 is 0. The summed E-state index contributed by atoms with van der Waals surface area (Å²) in [6.45, 7) is 4.57. The highest BCUT2D eigenvalue weighted by molar-refractivity contribution is 6.02. The van der Waals surface area contributed by atoms with Gasteiger partial charge in [0.1, 0.15) is 6.04 Å². The number of likely N-dealkylation sites (tertiary alicyclic amines) is 2. The molecule has 2 aliphatic rings. The van der Waals surface area contributed by atoms with Crippen molar-refractivity contribution in [1.82, 2.24) is 9.80 Å². The van der Waals surface area contributed by atoms with Gasteiger partial charge in [0.05, 0.1) is 18.6 Å². The number of amides is 2. The van der Waals surface area contributed by atoms with E-state index in [0.29, 0.717) is 30.9 Å². The van der Waals surface area contributed by atoms with Crippen molar-refractivity contribution in [2.45, 2.75) is 44.8 Å². The third kappa shape index (κ3) is 3.31. The number of Topliss-reactive ketones (excluding diaryl/α,β-unsaturated/α-hetero) is 1. The average Bonchev–Trinajstić information content (AvgIpc) is 3.15. The number of hydrogen-bond acceptors (Lipinski definition) is 4. The van der Waals surface area contributed by atoms with Crippen molar-refractivity contribution < 1.29 is 14.4 Å². The van der Waals surface area contributed by atoms with Gasteiger partial charge in [-0.25, -0.2) is 0 Å². The van der Waals surface area contributed by atoms with Crippen molar-refractivity contribution in [3.05, 3.63) is 35.9 Å². The minimum Gasteiger partial charge on any atom is -0.329 e. The molecule has 0 bridgehead atoms. The van der Waals surface area contributed by atoms with Crippen LogP contribution in [-0.2, 0) is 9.59 Å². The quantitative estimate of drug-likeness (QED) is 0.886. The fourth-order valence-electron chi connectivity index (χ4n) is 3.91. The first-order valence-electron chi connectivity index (χ1n) is 8.85. The van der Waals surface area contributed by atoms with Crippen LogP contribution in [0.15, 0.2) is 30.3 Å². The molecule has 0 aromatic heterocycles. The second-order valence-electron chi connectivity index (χ2n) is 7.33. The maximum Gasteiger partial charge on any atom is 0.254 e. The van der Waals surface area contributed by atoms with Crippen molar-refractivity contribution in [2.24, 2.45) is 11.7 Å². The van der Waals surface area contributed by atoms with Gasteiger partial charge in [-0.1, -0.05) is 32.0 Å². The molecule has 0 radical (unpaired) electrons. The van der Waals surface area contributed by atoms with Crippen LogP contribution < -0.4 is 5.73 Å². The highest BCUT2D eigenvalue weighted by Gasteiger charge is 2.51. The third-order valence-corrected chi connectivity index (χ3v) is 5.03. The van der Waals surface area contributed by atoms with Crippen LogP contribution in [0.1, 0.15) is 37.0 Å². The lowest BCUT2D eigenvalue weighted by Crippen LogP contribution is -2.50. The number of nitrogens with two attached hydrogens (primary N) is 1. The summed E-state index contributed by atoms with van der Waals surface area (Å²) in [5, 5.41) is 0. The number of benzene rings is 1. The molecule has 1 aromatic rings. The Hall–Kier alpha value is -2.21. The molecule has 134 valence electrons. The molecule has 0 aliphatic carbocycles. The monoisotopic (exact) mass is 343 g/mol. The molecule has 2 fully saturated rings. The Labute approximate surface area is 148 Å². The second kappa shape index (κ2) is 6.96. The normalized spacial score (nSPS) is 23.9. The molecular formula is C19H25N3O3. The van der Waals surface area contributed by atoms with Crippen LogP contribution >= 0.6 is 0 Å². The van der Waals surface area contributed by atoms with Gasteiger partial charge in [0.2, 0.25) is 5.91 Å². The van der Waals surface area contributed by atoms with E-state index < -0.39 is 12.1 Å². The smallest absolute Gasteiger partial charge is 0.254 e. The first-order chi connectivity index (χ1) is 11.9. The van der Waals surface area contributed by atoms with Gasteiger partial charge >= 0.3 is 0 Å². The van der Waals surface area contributed by atoms with Crippen LogP contribution in [0.25, 0.3) is 0 Å². The molecule has 1 aromatic carbocycles. The predicted molar refractivity (Wildman–Crippen MR) is 93.8 cm³/mol. The van der Waals surface area contributed by atoms with Gasteiger partial charge in [0.25, 0.3) is 5.91 Å². The van der Waals surface area contributed by atoms with E-state index in [1.165, 1.54) is 0 Å². The number of hydrogen-bond donors (Lipinski definition) is 1. The summed E-state index contributed by atoms with van der Waals surface area (Å²) >= 11 is 0. The zero-order chi connectivity index (χ0) is 18.1. The third-order valence-electron chi connectivity index (χ3n) is 5.03. The molecule has 2 amide bonds. The van der Waals surface area contributed by atoms with Crippen molar-refractivity contribution in [1.29, 1.82) is 0 Å². The minimum absolute atomic E-state index is 0.0618. The summed E-state index contributed by atoms with van der Waals surface area (Å²) in [6.07, 6.45) is 1.21. The molecule has 3 rings (SSSR count). The molecule has 2 N–H and O–H groups in total. The molecule has 2 saturated heterocycles. The van der Waals surface area contributed by atoms with Gasteiger partial charge in [0.15, 0.2) is 5.78 Å². The minimum atomic E-state index is -0.592. The number of carbonyl (C=O) groups is 3. The van der Waals surface area contributed by atoms with Gasteiger partial charge in [-0.2, -0.15) is 0 Å². The first kappa shape index (κ1) is 17.6.